The number of amides is 2. The van der Waals surface area contributed by atoms with Gasteiger partial charge in [0.15, 0.2) is 0 Å². The summed E-state index contributed by atoms with van der Waals surface area (Å²) in [5.74, 6) is 6.19. The molecule has 49 heavy (non-hydrogen) atoms. The molecular formula is C41H48N2O5Si. The van der Waals surface area contributed by atoms with E-state index in [4.69, 9.17) is 13.9 Å². The number of carbonyl (C=O) groups is 2. The van der Waals surface area contributed by atoms with Crippen LogP contribution < -0.4 is 10.4 Å². The predicted octanol–water partition coefficient (Wildman–Crippen LogP) is 7.25. The lowest BCUT2D eigenvalue weighted by Gasteiger charge is -2.44. The zero-order valence-corrected chi connectivity index (χ0v) is 30.3. The molecular weight excluding hydrogens is 629 g/mol. The van der Waals surface area contributed by atoms with Crippen LogP contribution in [0.3, 0.4) is 0 Å². The number of benzene rings is 4. The molecule has 0 heterocycles. The van der Waals surface area contributed by atoms with Gasteiger partial charge in [-0.1, -0.05) is 142 Å². The zero-order valence-electron chi connectivity index (χ0n) is 29.3. The quantitative estimate of drug-likeness (QED) is 0.104. The molecule has 0 saturated carbocycles. The van der Waals surface area contributed by atoms with Crippen molar-refractivity contribution < 1.29 is 23.5 Å². The van der Waals surface area contributed by atoms with E-state index in [0.29, 0.717) is 6.42 Å². The first-order valence-electron chi connectivity index (χ1n) is 16.7. The third-order valence-electron chi connectivity index (χ3n) is 8.50. The summed E-state index contributed by atoms with van der Waals surface area (Å²) in [5.41, 5.74) is 1.78. The smallest absolute Gasteiger partial charge is 0.410 e. The van der Waals surface area contributed by atoms with Gasteiger partial charge in [-0.25, -0.2) is 9.59 Å². The van der Waals surface area contributed by atoms with E-state index in [2.05, 4.69) is 81.1 Å². The Balaban J connectivity index is 1.62. The third kappa shape index (κ3) is 10.1. The maximum absolute atomic E-state index is 14.0. The summed E-state index contributed by atoms with van der Waals surface area (Å²) >= 11 is 0. The number of carbonyl (C=O) groups excluding carboxylic acids is 2. The van der Waals surface area contributed by atoms with Crippen LogP contribution in [0, 0.1) is 11.8 Å². The Morgan fingerprint density at radius 3 is 1.59 bits per heavy atom. The van der Waals surface area contributed by atoms with Gasteiger partial charge >= 0.3 is 12.2 Å². The monoisotopic (exact) mass is 676 g/mol. The van der Waals surface area contributed by atoms with Gasteiger partial charge in [-0.15, -0.1) is 11.8 Å². The number of likely N-dealkylation sites (N-methyl/N-ethyl adjacent to an activating group) is 1. The molecule has 0 bridgehead atoms. The van der Waals surface area contributed by atoms with Crippen LogP contribution in [-0.4, -0.2) is 63.1 Å². The summed E-state index contributed by atoms with van der Waals surface area (Å²) < 4.78 is 18.7. The summed E-state index contributed by atoms with van der Waals surface area (Å²) in [6.07, 6.45) is -0.601. The molecule has 0 aliphatic rings. The molecule has 7 nitrogen and oxygen atoms in total. The van der Waals surface area contributed by atoms with Crippen molar-refractivity contribution in [2.45, 2.75) is 58.4 Å². The van der Waals surface area contributed by atoms with Crippen molar-refractivity contribution in [1.29, 1.82) is 0 Å². The minimum atomic E-state index is -2.92. The first-order valence-corrected chi connectivity index (χ1v) is 18.6. The molecule has 0 spiro atoms. The van der Waals surface area contributed by atoms with Crippen LogP contribution in [0.25, 0.3) is 0 Å². The van der Waals surface area contributed by atoms with Crippen LogP contribution in [0.4, 0.5) is 9.59 Å². The largest absolute Gasteiger partial charge is 0.445 e. The van der Waals surface area contributed by atoms with Gasteiger partial charge in [0.25, 0.3) is 8.32 Å². The van der Waals surface area contributed by atoms with Crippen molar-refractivity contribution in [3.63, 3.8) is 0 Å². The highest BCUT2D eigenvalue weighted by molar-refractivity contribution is 6.99. The van der Waals surface area contributed by atoms with Crippen molar-refractivity contribution >= 4 is 30.9 Å². The van der Waals surface area contributed by atoms with Crippen molar-refractivity contribution in [1.82, 2.24) is 9.80 Å². The summed E-state index contributed by atoms with van der Waals surface area (Å²) in [5, 5.41) is 2.04. The topological polar surface area (TPSA) is 68.3 Å². The van der Waals surface area contributed by atoms with Gasteiger partial charge in [0.2, 0.25) is 0 Å². The lowest BCUT2D eigenvalue weighted by molar-refractivity contribution is 0.0597. The Kier molecular flexibility index (Phi) is 13.6. The minimum Gasteiger partial charge on any atom is -0.445 e. The van der Waals surface area contributed by atoms with Crippen molar-refractivity contribution in [3.8, 4) is 11.8 Å². The van der Waals surface area contributed by atoms with Crippen molar-refractivity contribution in [2.75, 3.05) is 26.7 Å². The predicted molar refractivity (Wildman–Crippen MR) is 198 cm³/mol. The van der Waals surface area contributed by atoms with E-state index in [1.165, 1.54) is 4.90 Å². The Hall–Kier alpha value is -4.84. The minimum absolute atomic E-state index is 0.118. The molecule has 0 aromatic heterocycles. The average Bonchev–Trinajstić information content (AvgIpc) is 3.12. The fourth-order valence-corrected chi connectivity index (χ4v) is 10.5. The first-order chi connectivity index (χ1) is 23.7. The van der Waals surface area contributed by atoms with E-state index in [9.17, 15) is 9.59 Å². The highest BCUT2D eigenvalue weighted by Gasteiger charge is 2.50. The highest BCUT2D eigenvalue weighted by Crippen LogP contribution is 2.37. The first kappa shape index (κ1) is 37.0. The van der Waals surface area contributed by atoms with Gasteiger partial charge in [0, 0.05) is 26.6 Å². The normalized spacial score (nSPS) is 11.9. The second-order valence-corrected chi connectivity index (χ2v) is 17.3. The SMILES string of the molecule is CC#CC[C@H](CO[Si](c1ccccc1)(c1ccccc1)C(C)(C)C)N(CCN(C)C(=O)OCc1ccccc1)C(=O)OCc1ccccc1. The molecule has 1 atom stereocenters. The average molecular weight is 677 g/mol. The fourth-order valence-electron chi connectivity index (χ4n) is 5.87. The van der Waals surface area contributed by atoms with Crippen LogP contribution in [-0.2, 0) is 27.1 Å². The number of hydrogen-bond acceptors (Lipinski definition) is 5. The Labute approximate surface area is 292 Å². The lowest BCUT2D eigenvalue weighted by atomic mass is 10.2. The van der Waals surface area contributed by atoms with Crippen LogP contribution in [0.1, 0.15) is 45.2 Å². The standard InChI is InChI=1S/C41H48N2O5Si/c1-6-7-24-36(33-48-49(41(2,3)4,37-25-16-10-17-26-37)38-27-18-11-19-28-38)43(40(45)47-32-35-22-14-9-15-23-35)30-29-42(5)39(44)46-31-34-20-12-8-13-21-34/h8-23,25-28,36H,24,29-33H2,1-5H3/t36-/m1/s1. The molecule has 0 fully saturated rings. The maximum atomic E-state index is 14.0. The molecule has 0 aliphatic carbocycles. The second kappa shape index (κ2) is 18.1. The van der Waals surface area contributed by atoms with Gasteiger partial charge < -0.3 is 23.7 Å². The van der Waals surface area contributed by atoms with Gasteiger partial charge in [-0.05, 0) is 33.5 Å². The van der Waals surface area contributed by atoms with Gasteiger partial charge in [0.05, 0.1) is 12.6 Å². The molecule has 0 radical (unpaired) electrons. The second-order valence-electron chi connectivity index (χ2n) is 13.0. The number of rotatable bonds is 14. The van der Waals surface area contributed by atoms with E-state index in [0.717, 1.165) is 21.5 Å². The maximum Gasteiger partial charge on any atom is 0.410 e. The molecule has 0 N–H and O–H groups in total. The van der Waals surface area contributed by atoms with Crippen molar-refractivity contribution in [3.05, 3.63) is 132 Å². The van der Waals surface area contributed by atoms with Gasteiger partial charge in [-0.3, -0.25) is 0 Å². The molecule has 2 amide bonds. The van der Waals surface area contributed by atoms with Crippen LogP contribution in [0.2, 0.25) is 5.04 Å². The summed E-state index contributed by atoms with van der Waals surface area (Å²) in [4.78, 5) is 30.0. The van der Waals surface area contributed by atoms with E-state index >= 15 is 0 Å². The van der Waals surface area contributed by atoms with Gasteiger partial charge in [0.1, 0.15) is 13.2 Å². The van der Waals surface area contributed by atoms with E-state index in [1.54, 1.807) is 18.9 Å². The molecule has 0 saturated heterocycles. The third-order valence-corrected chi connectivity index (χ3v) is 13.5. The Morgan fingerprint density at radius 1 is 0.694 bits per heavy atom. The van der Waals surface area contributed by atoms with Crippen LogP contribution in [0.5, 0.6) is 0 Å². The fraction of sp³-hybridized carbons (Fsp3) is 0.317. The van der Waals surface area contributed by atoms with E-state index < -0.39 is 26.5 Å². The lowest BCUT2D eigenvalue weighted by Crippen LogP contribution is -2.67. The summed E-state index contributed by atoms with van der Waals surface area (Å²) in [7, 11) is -1.25. The highest BCUT2D eigenvalue weighted by atomic mass is 28.4. The molecule has 4 rings (SSSR count). The Bertz CT molecular complexity index is 1610. The number of ether oxygens (including phenoxy) is 2. The van der Waals surface area contributed by atoms with Crippen molar-refractivity contribution in [2.24, 2.45) is 0 Å². The zero-order chi connectivity index (χ0) is 35.1. The summed E-state index contributed by atoms with van der Waals surface area (Å²) in [6, 6.07) is 39.5. The molecule has 256 valence electrons. The molecule has 0 aliphatic heterocycles. The Morgan fingerprint density at radius 2 is 1.14 bits per heavy atom. The molecule has 4 aromatic carbocycles. The van der Waals surface area contributed by atoms with E-state index in [1.807, 2.05) is 72.8 Å². The molecule has 8 heteroatoms. The number of nitrogens with zero attached hydrogens (tertiary/aromatic N) is 2. The number of hydrogen-bond donors (Lipinski definition) is 0. The van der Waals surface area contributed by atoms with Crippen LogP contribution >= 0.6 is 0 Å². The molecule has 4 aromatic rings. The van der Waals surface area contributed by atoms with Gasteiger partial charge in [-0.2, -0.15) is 0 Å². The van der Waals surface area contributed by atoms with E-state index in [-0.39, 0.29) is 37.9 Å². The van der Waals surface area contributed by atoms with Crippen LogP contribution in [0.15, 0.2) is 121 Å². The molecule has 0 unspecified atom stereocenters. The summed E-state index contributed by atoms with van der Waals surface area (Å²) in [6.45, 7) is 9.39.